The molecule has 0 atom stereocenters. The van der Waals surface area contributed by atoms with Gasteiger partial charge in [-0.2, -0.15) is 0 Å². The molecule has 1 aliphatic heterocycles. The van der Waals surface area contributed by atoms with E-state index in [1.807, 2.05) is 12.1 Å². The van der Waals surface area contributed by atoms with Crippen molar-refractivity contribution in [1.82, 2.24) is 4.90 Å². The lowest BCUT2D eigenvalue weighted by molar-refractivity contribution is -0.384. The van der Waals surface area contributed by atoms with Gasteiger partial charge in [-0.05, 0) is 55.4 Å². The minimum Gasteiger partial charge on any atom is -0.493 e. The fraction of sp³-hybridized carbons (Fsp3) is 0.478. The molecule has 154 valence electrons. The van der Waals surface area contributed by atoms with Crippen molar-refractivity contribution in [2.45, 2.75) is 32.1 Å². The maximum atomic E-state index is 11.3. The number of hydrogen-bond donors (Lipinski definition) is 0. The number of para-hydroxylation sites is 2. The van der Waals surface area contributed by atoms with Crippen LogP contribution in [0.25, 0.3) is 0 Å². The average molecular weight is 396 g/mol. The van der Waals surface area contributed by atoms with Crippen LogP contribution in [0.3, 0.4) is 0 Å². The molecular weight excluding hydrogens is 366 g/mol. The minimum atomic E-state index is -0.290. The molecule has 2 aromatic rings. The van der Waals surface area contributed by atoms with Crippen LogP contribution in [-0.4, -0.2) is 49.2 Å². The first kappa shape index (κ1) is 19.7. The molecule has 0 N–H and O–H groups in total. The van der Waals surface area contributed by atoms with Crippen LogP contribution >= 0.6 is 0 Å². The summed E-state index contributed by atoms with van der Waals surface area (Å²) in [6.07, 6.45) is 5.86. The molecule has 1 heterocycles. The number of hydrogen-bond acceptors (Lipinski definition) is 5. The van der Waals surface area contributed by atoms with Gasteiger partial charge in [-0.1, -0.05) is 24.3 Å². The van der Waals surface area contributed by atoms with Crippen molar-refractivity contribution in [2.75, 3.05) is 44.2 Å². The predicted molar refractivity (Wildman–Crippen MR) is 115 cm³/mol. The molecule has 4 rings (SSSR count). The largest absolute Gasteiger partial charge is 0.493 e. The summed E-state index contributed by atoms with van der Waals surface area (Å²) >= 11 is 0. The Morgan fingerprint density at radius 2 is 1.76 bits per heavy atom. The molecule has 0 unspecified atom stereocenters. The molecule has 1 aliphatic carbocycles. The molecule has 6 nitrogen and oxygen atoms in total. The summed E-state index contributed by atoms with van der Waals surface area (Å²) in [4.78, 5) is 15.5. The highest BCUT2D eigenvalue weighted by Gasteiger charge is 2.23. The van der Waals surface area contributed by atoms with Gasteiger partial charge in [-0.25, -0.2) is 0 Å². The van der Waals surface area contributed by atoms with Crippen molar-refractivity contribution in [3.8, 4) is 5.75 Å². The Morgan fingerprint density at radius 3 is 2.59 bits per heavy atom. The van der Waals surface area contributed by atoms with Crippen LogP contribution in [0, 0.1) is 10.1 Å². The summed E-state index contributed by atoms with van der Waals surface area (Å²) in [6.45, 7) is 5.22. The zero-order chi connectivity index (χ0) is 20.1. The summed E-state index contributed by atoms with van der Waals surface area (Å²) in [5, 5.41) is 11.3. The number of anilines is 1. The number of nitro groups is 1. The Balaban J connectivity index is 1.23. The molecular formula is C23H29N3O3. The van der Waals surface area contributed by atoms with E-state index in [2.05, 4.69) is 28.0 Å². The van der Waals surface area contributed by atoms with E-state index < -0.39 is 0 Å². The second-order valence-corrected chi connectivity index (χ2v) is 7.88. The van der Waals surface area contributed by atoms with Gasteiger partial charge in [0.15, 0.2) is 0 Å². The SMILES string of the molecule is O=[N+]([O-])c1ccccc1N1CCN(CCCOc2cccc3c2CCCC3)CC1. The fourth-order valence-electron chi connectivity index (χ4n) is 4.45. The fourth-order valence-corrected chi connectivity index (χ4v) is 4.45. The summed E-state index contributed by atoms with van der Waals surface area (Å²) < 4.78 is 6.12. The third kappa shape index (κ3) is 4.70. The van der Waals surface area contributed by atoms with Crippen LogP contribution in [-0.2, 0) is 12.8 Å². The van der Waals surface area contributed by atoms with Gasteiger partial charge in [0, 0.05) is 38.8 Å². The van der Waals surface area contributed by atoms with Gasteiger partial charge in [-0.3, -0.25) is 15.0 Å². The van der Waals surface area contributed by atoms with Crippen molar-refractivity contribution >= 4 is 11.4 Å². The molecule has 2 aliphatic rings. The third-order valence-corrected chi connectivity index (χ3v) is 6.02. The molecule has 2 aromatic carbocycles. The van der Waals surface area contributed by atoms with E-state index in [0.717, 1.165) is 63.6 Å². The van der Waals surface area contributed by atoms with Gasteiger partial charge in [-0.15, -0.1) is 0 Å². The van der Waals surface area contributed by atoms with Crippen LogP contribution < -0.4 is 9.64 Å². The second kappa shape index (κ2) is 9.27. The summed E-state index contributed by atoms with van der Waals surface area (Å²) in [6, 6.07) is 13.5. The number of nitrogens with zero attached hydrogens (tertiary/aromatic N) is 3. The molecule has 0 bridgehead atoms. The number of fused-ring (bicyclic) bond motifs is 1. The predicted octanol–water partition coefficient (Wildman–Crippen LogP) is 4.06. The normalized spacial score (nSPS) is 17.0. The number of nitro benzene ring substituents is 1. The number of benzene rings is 2. The minimum absolute atomic E-state index is 0.195. The average Bonchev–Trinajstić information content (AvgIpc) is 2.77. The quantitative estimate of drug-likeness (QED) is 0.402. The highest BCUT2D eigenvalue weighted by atomic mass is 16.6. The van der Waals surface area contributed by atoms with Gasteiger partial charge in [0.1, 0.15) is 11.4 Å². The zero-order valence-electron chi connectivity index (χ0n) is 16.9. The lowest BCUT2D eigenvalue weighted by Gasteiger charge is -2.35. The first-order chi connectivity index (χ1) is 14.2. The number of rotatable bonds is 7. The maximum Gasteiger partial charge on any atom is 0.292 e. The highest BCUT2D eigenvalue weighted by Crippen LogP contribution is 2.30. The van der Waals surface area contributed by atoms with Crippen LogP contribution in [0.4, 0.5) is 11.4 Å². The highest BCUT2D eigenvalue weighted by molar-refractivity contribution is 5.63. The molecule has 0 radical (unpaired) electrons. The first-order valence-corrected chi connectivity index (χ1v) is 10.7. The number of aryl methyl sites for hydroxylation is 1. The summed E-state index contributed by atoms with van der Waals surface area (Å²) in [5.41, 5.74) is 3.80. The van der Waals surface area contributed by atoms with Crippen molar-refractivity contribution in [2.24, 2.45) is 0 Å². The molecule has 1 saturated heterocycles. The van der Waals surface area contributed by atoms with Crippen LogP contribution in [0.15, 0.2) is 42.5 Å². The van der Waals surface area contributed by atoms with E-state index in [9.17, 15) is 10.1 Å². The van der Waals surface area contributed by atoms with E-state index in [0.29, 0.717) is 0 Å². The van der Waals surface area contributed by atoms with E-state index in [1.165, 1.54) is 30.4 Å². The van der Waals surface area contributed by atoms with E-state index in [4.69, 9.17) is 4.74 Å². The standard InChI is InChI=1S/C23H29N3O3/c27-26(28)22-11-4-3-10-21(22)25-16-14-24(15-17-25)13-6-18-29-23-12-5-8-19-7-1-2-9-20(19)23/h3-5,8,10-12H,1-2,6-7,9,13-18H2. The van der Waals surface area contributed by atoms with Crippen LogP contribution in [0.5, 0.6) is 5.75 Å². The van der Waals surface area contributed by atoms with E-state index in [1.54, 1.807) is 12.1 Å². The van der Waals surface area contributed by atoms with Crippen LogP contribution in [0.1, 0.15) is 30.4 Å². The van der Waals surface area contributed by atoms with Gasteiger partial charge in [0.2, 0.25) is 0 Å². The molecule has 1 fully saturated rings. The Bertz CT molecular complexity index is 847. The first-order valence-electron chi connectivity index (χ1n) is 10.7. The lowest BCUT2D eigenvalue weighted by atomic mass is 9.91. The van der Waals surface area contributed by atoms with Gasteiger partial charge >= 0.3 is 0 Å². The number of piperazine rings is 1. The zero-order valence-corrected chi connectivity index (χ0v) is 16.9. The molecule has 29 heavy (non-hydrogen) atoms. The van der Waals surface area contributed by atoms with E-state index in [-0.39, 0.29) is 10.6 Å². The Kier molecular flexibility index (Phi) is 6.30. The maximum absolute atomic E-state index is 11.3. The van der Waals surface area contributed by atoms with Gasteiger partial charge in [0.25, 0.3) is 5.69 Å². The molecule has 6 heteroatoms. The Labute approximate surface area is 172 Å². The smallest absolute Gasteiger partial charge is 0.292 e. The van der Waals surface area contributed by atoms with Crippen molar-refractivity contribution in [1.29, 1.82) is 0 Å². The Hall–Kier alpha value is -2.60. The summed E-state index contributed by atoms with van der Waals surface area (Å²) in [5.74, 6) is 1.07. The number of ether oxygens (including phenoxy) is 1. The van der Waals surface area contributed by atoms with Gasteiger partial charge < -0.3 is 9.64 Å². The second-order valence-electron chi connectivity index (χ2n) is 7.88. The molecule has 0 spiro atoms. The van der Waals surface area contributed by atoms with Crippen molar-refractivity contribution in [3.05, 3.63) is 63.7 Å². The Morgan fingerprint density at radius 1 is 0.966 bits per heavy atom. The molecule has 0 aromatic heterocycles. The monoisotopic (exact) mass is 395 g/mol. The molecule has 0 saturated carbocycles. The topological polar surface area (TPSA) is 58.9 Å². The lowest BCUT2D eigenvalue weighted by Crippen LogP contribution is -2.47. The van der Waals surface area contributed by atoms with E-state index >= 15 is 0 Å². The molecule has 0 amide bonds. The van der Waals surface area contributed by atoms with Gasteiger partial charge in [0.05, 0.1) is 11.5 Å². The summed E-state index contributed by atoms with van der Waals surface area (Å²) in [7, 11) is 0. The third-order valence-electron chi connectivity index (χ3n) is 6.02. The van der Waals surface area contributed by atoms with Crippen molar-refractivity contribution in [3.63, 3.8) is 0 Å². The van der Waals surface area contributed by atoms with Crippen LogP contribution in [0.2, 0.25) is 0 Å². The van der Waals surface area contributed by atoms with Crippen molar-refractivity contribution < 1.29 is 9.66 Å².